The molecule has 0 bridgehead atoms. The van der Waals surface area contributed by atoms with E-state index >= 15 is 0 Å². The number of halogens is 1. The largest absolute Gasteiger partial charge is 0.340 e. The van der Waals surface area contributed by atoms with Crippen LogP contribution in [0.15, 0.2) is 41.8 Å². The highest BCUT2D eigenvalue weighted by Gasteiger charge is 2.21. The van der Waals surface area contributed by atoms with Gasteiger partial charge in [0.1, 0.15) is 11.6 Å². The lowest BCUT2D eigenvalue weighted by atomic mass is 9.96. The maximum atomic E-state index is 13.6. The normalized spacial score (nSPS) is 13.7. The Kier molecular flexibility index (Phi) is 3.67. The summed E-state index contributed by atoms with van der Waals surface area (Å²) >= 11 is 1.60. The predicted molar refractivity (Wildman–Crippen MR) is 100 cm³/mol. The van der Waals surface area contributed by atoms with Crippen molar-refractivity contribution in [1.82, 2.24) is 19.6 Å². The first-order chi connectivity index (χ1) is 12.8. The molecule has 4 aromatic rings. The van der Waals surface area contributed by atoms with Gasteiger partial charge in [-0.3, -0.25) is 0 Å². The molecule has 0 fully saturated rings. The molecule has 0 saturated carbocycles. The van der Waals surface area contributed by atoms with Gasteiger partial charge in [0, 0.05) is 11.3 Å². The summed E-state index contributed by atoms with van der Waals surface area (Å²) in [5.41, 5.74) is 2.90. The molecule has 0 saturated heterocycles. The fourth-order valence-electron chi connectivity index (χ4n) is 3.38. The first-order valence-corrected chi connectivity index (χ1v) is 9.51. The van der Waals surface area contributed by atoms with Crippen LogP contribution in [-0.4, -0.2) is 19.6 Å². The number of anilines is 2. The summed E-state index contributed by atoms with van der Waals surface area (Å²) in [5, 5.41) is 10.0. The van der Waals surface area contributed by atoms with E-state index in [0.29, 0.717) is 17.3 Å². The number of rotatable bonds is 3. The van der Waals surface area contributed by atoms with Crippen LogP contribution >= 0.6 is 11.3 Å². The third-order valence-electron chi connectivity index (χ3n) is 4.59. The molecule has 26 heavy (non-hydrogen) atoms. The number of aromatic nitrogens is 4. The van der Waals surface area contributed by atoms with Crippen LogP contribution in [0.1, 0.15) is 24.1 Å². The molecule has 0 spiro atoms. The van der Waals surface area contributed by atoms with E-state index in [2.05, 4.69) is 15.4 Å². The molecule has 3 aromatic heterocycles. The van der Waals surface area contributed by atoms with Crippen LogP contribution in [0.5, 0.6) is 0 Å². The summed E-state index contributed by atoms with van der Waals surface area (Å²) in [7, 11) is 0. The quantitative estimate of drug-likeness (QED) is 0.576. The Morgan fingerprint density at radius 2 is 2.00 bits per heavy atom. The van der Waals surface area contributed by atoms with Crippen molar-refractivity contribution < 1.29 is 4.39 Å². The van der Waals surface area contributed by atoms with Crippen molar-refractivity contribution in [2.45, 2.75) is 25.7 Å². The minimum absolute atomic E-state index is 0.271. The highest BCUT2D eigenvalue weighted by atomic mass is 32.1. The average Bonchev–Trinajstić information content (AvgIpc) is 3.31. The fraction of sp³-hybridized carbons (Fsp3) is 0.211. The van der Waals surface area contributed by atoms with Gasteiger partial charge in [0.25, 0.3) is 5.78 Å². The molecule has 5 nitrogen and oxygen atoms in total. The molecule has 130 valence electrons. The topological polar surface area (TPSA) is 55.1 Å². The Labute approximate surface area is 153 Å². The zero-order valence-electron chi connectivity index (χ0n) is 13.9. The number of hydrogen-bond donors (Lipinski definition) is 1. The van der Waals surface area contributed by atoms with Gasteiger partial charge in [0.15, 0.2) is 5.82 Å². The summed E-state index contributed by atoms with van der Waals surface area (Å²) in [6, 6.07) is 10.4. The van der Waals surface area contributed by atoms with Gasteiger partial charge in [-0.1, -0.05) is 12.1 Å². The highest BCUT2D eigenvalue weighted by molar-refractivity contribution is 7.13. The Hall–Kier alpha value is -2.80. The summed E-state index contributed by atoms with van der Waals surface area (Å²) in [5.74, 6) is 1.81. The van der Waals surface area contributed by atoms with E-state index in [0.717, 1.165) is 47.6 Å². The highest BCUT2D eigenvalue weighted by Crippen LogP contribution is 2.31. The molecular weight excluding hydrogens is 349 g/mol. The molecule has 1 aliphatic rings. The number of nitrogens with zero attached hydrogens (tertiary/aromatic N) is 4. The van der Waals surface area contributed by atoms with Crippen LogP contribution in [0.4, 0.5) is 15.9 Å². The van der Waals surface area contributed by atoms with Crippen molar-refractivity contribution in [3.63, 3.8) is 0 Å². The molecule has 1 N–H and O–H groups in total. The lowest BCUT2D eigenvalue weighted by Crippen LogP contribution is -2.13. The molecular formula is C19H16FN5S. The first kappa shape index (κ1) is 15.5. The van der Waals surface area contributed by atoms with E-state index < -0.39 is 0 Å². The first-order valence-electron chi connectivity index (χ1n) is 8.63. The van der Waals surface area contributed by atoms with Crippen molar-refractivity contribution in [3.05, 3.63) is 58.9 Å². The van der Waals surface area contributed by atoms with Gasteiger partial charge in [0.2, 0.25) is 0 Å². The molecule has 5 rings (SSSR count). The lowest BCUT2D eigenvalue weighted by molar-refractivity contribution is 0.628. The van der Waals surface area contributed by atoms with E-state index in [-0.39, 0.29) is 5.82 Å². The Morgan fingerprint density at radius 1 is 1.08 bits per heavy atom. The number of aryl methyl sites for hydroxylation is 1. The number of fused-ring (bicyclic) bond motifs is 2. The molecule has 0 aliphatic heterocycles. The van der Waals surface area contributed by atoms with Crippen LogP contribution < -0.4 is 5.32 Å². The summed E-state index contributed by atoms with van der Waals surface area (Å²) in [6.45, 7) is 0. The van der Waals surface area contributed by atoms with Crippen LogP contribution in [0.3, 0.4) is 0 Å². The standard InChI is InChI=1S/C19H16FN5S/c20-12-5-3-6-13(11-12)21-18-14-7-1-2-8-15(14)22-19-23-17(24-25(18)19)16-9-4-10-26-16/h3-6,9-11,21H,1-2,7-8H2. The van der Waals surface area contributed by atoms with Gasteiger partial charge in [-0.25, -0.2) is 9.37 Å². The smallest absolute Gasteiger partial charge is 0.254 e. The Bertz CT molecular complexity index is 1090. The predicted octanol–water partition coefficient (Wildman–Crippen LogP) is 4.61. The van der Waals surface area contributed by atoms with Gasteiger partial charge in [-0.15, -0.1) is 16.4 Å². The second-order valence-corrected chi connectivity index (χ2v) is 7.30. The minimum atomic E-state index is -0.271. The molecule has 0 unspecified atom stereocenters. The van der Waals surface area contributed by atoms with Crippen LogP contribution in [0.25, 0.3) is 16.5 Å². The molecule has 1 aromatic carbocycles. The molecule has 3 heterocycles. The maximum absolute atomic E-state index is 13.6. The van der Waals surface area contributed by atoms with Crippen molar-refractivity contribution in [1.29, 1.82) is 0 Å². The molecule has 0 atom stereocenters. The number of benzene rings is 1. The third kappa shape index (κ3) is 2.64. The monoisotopic (exact) mass is 365 g/mol. The van der Waals surface area contributed by atoms with Crippen LogP contribution in [-0.2, 0) is 12.8 Å². The summed E-state index contributed by atoms with van der Waals surface area (Å²) in [6.07, 6.45) is 4.11. The fourth-order valence-corrected chi connectivity index (χ4v) is 4.04. The van der Waals surface area contributed by atoms with E-state index in [9.17, 15) is 4.39 Å². The van der Waals surface area contributed by atoms with Crippen molar-refractivity contribution in [2.24, 2.45) is 0 Å². The molecule has 0 radical (unpaired) electrons. The second-order valence-electron chi connectivity index (χ2n) is 6.35. The van der Waals surface area contributed by atoms with E-state index in [1.54, 1.807) is 21.9 Å². The summed E-state index contributed by atoms with van der Waals surface area (Å²) in [4.78, 5) is 10.4. The Morgan fingerprint density at radius 3 is 2.85 bits per heavy atom. The molecule has 7 heteroatoms. The van der Waals surface area contributed by atoms with E-state index in [4.69, 9.17) is 4.98 Å². The molecule has 1 aliphatic carbocycles. The van der Waals surface area contributed by atoms with Crippen molar-refractivity contribution in [3.8, 4) is 10.7 Å². The van der Waals surface area contributed by atoms with Gasteiger partial charge >= 0.3 is 0 Å². The number of thiophene rings is 1. The van der Waals surface area contributed by atoms with Gasteiger partial charge < -0.3 is 5.32 Å². The maximum Gasteiger partial charge on any atom is 0.254 e. The van der Waals surface area contributed by atoms with Crippen LogP contribution in [0, 0.1) is 5.82 Å². The third-order valence-corrected chi connectivity index (χ3v) is 5.46. The van der Waals surface area contributed by atoms with E-state index in [1.165, 1.54) is 12.1 Å². The van der Waals surface area contributed by atoms with Crippen molar-refractivity contribution >= 4 is 28.6 Å². The Balaban J connectivity index is 1.70. The minimum Gasteiger partial charge on any atom is -0.340 e. The lowest BCUT2D eigenvalue weighted by Gasteiger charge is -2.19. The van der Waals surface area contributed by atoms with Gasteiger partial charge in [-0.05, 0) is 55.3 Å². The van der Waals surface area contributed by atoms with E-state index in [1.807, 2.05) is 23.6 Å². The summed E-state index contributed by atoms with van der Waals surface area (Å²) < 4.78 is 15.4. The zero-order chi connectivity index (χ0) is 17.5. The molecule has 0 amide bonds. The zero-order valence-corrected chi connectivity index (χ0v) is 14.8. The SMILES string of the molecule is Fc1cccc(Nc2c3c(nc4nc(-c5cccs5)nn24)CCCC3)c1. The van der Waals surface area contributed by atoms with Crippen LogP contribution in [0.2, 0.25) is 0 Å². The number of hydrogen-bond acceptors (Lipinski definition) is 5. The van der Waals surface area contributed by atoms with Gasteiger partial charge in [-0.2, -0.15) is 9.50 Å². The van der Waals surface area contributed by atoms with Crippen molar-refractivity contribution in [2.75, 3.05) is 5.32 Å². The average molecular weight is 365 g/mol. The van der Waals surface area contributed by atoms with Gasteiger partial charge in [0.05, 0.1) is 10.6 Å². The second kappa shape index (κ2) is 6.17. The number of nitrogens with one attached hydrogen (secondary N) is 1.